The van der Waals surface area contributed by atoms with Gasteiger partial charge in [-0.1, -0.05) is 48.5 Å². The predicted octanol–water partition coefficient (Wildman–Crippen LogP) is 5.35. The molecule has 0 bridgehead atoms. The molecule has 0 unspecified atom stereocenters. The smallest absolute Gasteiger partial charge is 0.478 e. The summed E-state index contributed by atoms with van der Waals surface area (Å²) in [6.07, 6.45) is -0.660. The van der Waals surface area contributed by atoms with Gasteiger partial charge in [0.1, 0.15) is 6.61 Å². The van der Waals surface area contributed by atoms with E-state index < -0.39 is 30.4 Å². The molecule has 0 saturated carbocycles. The summed E-state index contributed by atoms with van der Waals surface area (Å²) in [6.45, 7) is 9.51. The second-order valence-corrected chi connectivity index (χ2v) is 10.6. The first-order valence-corrected chi connectivity index (χ1v) is 12.3. The summed E-state index contributed by atoms with van der Waals surface area (Å²) < 4.78 is 17.9. The van der Waals surface area contributed by atoms with E-state index in [2.05, 4.69) is 29.6 Å². The fourth-order valence-electron chi connectivity index (χ4n) is 4.95. The highest BCUT2D eigenvalue weighted by molar-refractivity contribution is 6.62. The number of amides is 1. The highest BCUT2D eigenvalue weighted by Gasteiger charge is 2.52. The summed E-state index contributed by atoms with van der Waals surface area (Å²) >= 11 is 0. The molecule has 1 aliphatic heterocycles. The molecule has 190 valence electrons. The van der Waals surface area contributed by atoms with E-state index in [1.54, 1.807) is 13.0 Å². The zero-order chi connectivity index (χ0) is 26.5. The monoisotopic (exact) mass is 499 g/mol. The number of carbonyl (C=O) groups is 2. The zero-order valence-corrected chi connectivity index (χ0v) is 21.6. The number of hydrogen-bond acceptors (Lipinski definition) is 5. The Kier molecular flexibility index (Phi) is 6.12. The van der Waals surface area contributed by atoms with E-state index in [4.69, 9.17) is 14.0 Å². The molecule has 0 atom stereocenters. The molecule has 5 rings (SSSR count). The van der Waals surface area contributed by atoms with Crippen LogP contribution in [0.5, 0.6) is 0 Å². The van der Waals surface area contributed by atoms with Crippen molar-refractivity contribution < 1.29 is 28.7 Å². The maximum atomic E-state index is 12.9. The average molecular weight is 499 g/mol. The van der Waals surface area contributed by atoms with Gasteiger partial charge in [0.25, 0.3) is 0 Å². The van der Waals surface area contributed by atoms with Crippen molar-refractivity contribution in [1.29, 1.82) is 0 Å². The van der Waals surface area contributed by atoms with Crippen LogP contribution in [-0.4, -0.2) is 42.1 Å². The molecule has 0 spiro atoms. The maximum absolute atomic E-state index is 12.9. The number of carboxylic acids is 1. The molecule has 3 aromatic rings. The number of nitrogens with one attached hydrogen (secondary N) is 1. The lowest BCUT2D eigenvalue weighted by Gasteiger charge is -2.32. The van der Waals surface area contributed by atoms with Gasteiger partial charge in [-0.25, -0.2) is 9.59 Å². The van der Waals surface area contributed by atoms with Gasteiger partial charge in [0.2, 0.25) is 0 Å². The third-order valence-electron chi connectivity index (χ3n) is 7.77. The molecule has 1 heterocycles. The van der Waals surface area contributed by atoms with Gasteiger partial charge in [-0.05, 0) is 80.0 Å². The molecule has 2 aliphatic rings. The second kappa shape index (κ2) is 9.05. The molecule has 8 heteroatoms. The lowest BCUT2D eigenvalue weighted by molar-refractivity contribution is 0.00578. The maximum Gasteiger partial charge on any atom is 0.494 e. The lowest BCUT2D eigenvalue weighted by Crippen LogP contribution is -2.41. The number of carboxylic acid groups (broad SMARTS) is 1. The van der Waals surface area contributed by atoms with Crippen LogP contribution in [0.1, 0.15) is 60.7 Å². The minimum atomic E-state index is -1.11. The van der Waals surface area contributed by atoms with Gasteiger partial charge in [0.15, 0.2) is 0 Å². The molecule has 3 aromatic carbocycles. The number of benzene rings is 3. The van der Waals surface area contributed by atoms with Crippen LogP contribution in [0.2, 0.25) is 0 Å². The average Bonchev–Trinajstić information content (AvgIpc) is 3.28. The highest BCUT2D eigenvalue weighted by Crippen LogP contribution is 2.44. The van der Waals surface area contributed by atoms with Crippen LogP contribution >= 0.6 is 0 Å². The largest absolute Gasteiger partial charge is 0.494 e. The molecule has 1 aliphatic carbocycles. The van der Waals surface area contributed by atoms with Crippen LogP contribution in [0.15, 0.2) is 60.7 Å². The summed E-state index contributed by atoms with van der Waals surface area (Å²) in [6, 6.07) is 19.4. The van der Waals surface area contributed by atoms with Gasteiger partial charge in [-0.2, -0.15) is 0 Å². The van der Waals surface area contributed by atoms with E-state index in [0.29, 0.717) is 16.7 Å². The standard InChI is InChI=1S/C29H30BNO6/c1-17-23(26(32)33)14-18(30-36-28(2,3)29(4,5)37-30)15-25(17)31-27(34)35-16-24-21-12-8-6-10-19(21)20-11-7-9-13-22(20)24/h6-15,24H,16H2,1-5H3,(H,31,34)(H,32,33). The number of anilines is 1. The molecular formula is C29H30BNO6. The minimum Gasteiger partial charge on any atom is -0.478 e. The van der Waals surface area contributed by atoms with E-state index >= 15 is 0 Å². The quantitative estimate of drug-likeness (QED) is 0.460. The molecule has 2 N–H and O–H groups in total. The van der Waals surface area contributed by atoms with Crippen molar-refractivity contribution in [3.63, 3.8) is 0 Å². The fraction of sp³-hybridized carbons (Fsp3) is 0.310. The number of ether oxygens (including phenoxy) is 1. The van der Waals surface area contributed by atoms with Gasteiger partial charge in [-0.3, -0.25) is 5.32 Å². The SMILES string of the molecule is Cc1c(NC(=O)OCC2c3ccccc3-c3ccccc32)cc(B2OC(C)(C)C(C)(C)O2)cc1C(=O)O. The molecule has 0 radical (unpaired) electrons. The fourth-order valence-corrected chi connectivity index (χ4v) is 4.95. The summed E-state index contributed by atoms with van der Waals surface area (Å²) in [5, 5.41) is 12.6. The van der Waals surface area contributed by atoms with Crippen LogP contribution < -0.4 is 10.8 Å². The first-order chi connectivity index (χ1) is 17.5. The number of aromatic carboxylic acids is 1. The molecule has 0 aromatic heterocycles. The summed E-state index contributed by atoms with van der Waals surface area (Å²) in [7, 11) is -0.772. The normalized spacial score (nSPS) is 17.3. The Balaban J connectivity index is 1.37. The number of fused-ring (bicyclic) bond motifs is 3. The third-order valence-corrected chi connectivity index (χ3v) is 7.77. The Labute approximate surface area is 216 Å². The van der Waals surface area contributed by atoms with Crippen molar-refractivity contribution >= 4 is 30.3 Å². The van der Waals surface area contributed by atoms with E-state index in [0.717, 1.165) is 22.3 Å². The molecule has 1 amide bonds. The Morgan fingerprint density at radius 3 is 2.03 bits per heavy atom. The second-order valence-electron chi connectivity index (χ2n) is 10.6. The number of rotatable bonds is 5. The van der Waals surface area contributed by atoms with Crippen LogP contribution in [0.3, 0.4) is 0 Å². The summed E-state index contributed by atoms with van der Waals surface area (Å²) in [5.74, 6) is -1.18. The van der Waals surface area contributed by atoms with E-state index in [1.807, 2.05) is 52.0 Å². The number of hydrogen-bond donors (Lipinski definition) is 2. The van der Waals surface area contributed by atoms with Gasteiger partial charge in [0, 0.05) is 11.6 Å². The Bertz CT molecular complexity index is 1340. The summed E-state index contributed by atoms with van der Waals surface area (Å²) in [5.41, 5.74) is 4.65. The van der Waals surface area contributed by atoms with Crippen LogP contribution in [0.4, 0.5) is 10.5 Å². The first kappa shape index (κ1) is 25.1. The van der Waals surface area contributed by atoms with Crippen molar-refractivity contribution in [2.45, 2.75) is 51.7 Å². The Morgan fingerprint density at radius 2 is 1.49 bits per heavy atom. The summed E-state index contributed by atoms with van der Waals surface area (Å²) in [4.78, 5) is 24.9. The van der Waals surface area contributed by atoms with Gasteiger partial charge in [-0.15, -0.1) is 0 Å². The van der Waals surface area contributed by atoms with Crippen LogP contribution in [-0.2, 0) is 14.0 Å². The van der Waals surface area contributed by atoms with Gasteiger partial charge >= 0.3 is 19.2 Å². The minimum absolute atomic E-state index is 0.0566. The van der Waals surface area contributed by atoms with Crippen molar-refractivity contribution in [3.8, 4) is 11.1 Å². The first-order valence-electron chi connectivity index (χ1n) is 12.3. The topological polar surface area (TPSA) is 94.1 Å². The molecule has 7 nitrogen and oxygen atoms in total. The zero-order valence-electron chi connectivity index (χ0n) is 21.6. The van der Waals surface area contributed by atoms with Gasteiger partial charge < -0.3 is 19.2 Å². The van der Waals surface area contributed by atoms with E-state index in [-0.39, 0.29) is 18.1 Å². The molecular weight excluding hydrogens is 469 g/mol. The number of carbonyl (C=O) groups excluding carboxylic acids is 1. The van der Waals surface area contributed by atoms with Crippen molar-refractivity contribution in [2.75, 3.05) is 11.9 Å². The van der Waals surface area contributed by atoms with Crippen LogP contribution in [0.25, 0.3) is 11.1 Å². The highest BCUT2D eigenvalue weighted by atomic mass is 16.7. The molecule has 1 fully saturated rings. The Morgan fingerprint density at radius 1 is 0.946 bits per heavy atom. The van der Waals surface area contributed by atoms with Crippen LogP contribution in [0, 0.1) is 6.92 Å². The Hall–Kier alpha value is -3.62. The predicted molar refractivity (Wildman–Crippen MR) is 143 cm³/mol. The molecule has 37 heavy (non-hydrogen) atoms. The van der Waals surface area contributed by atoms with E-state index in [1.165, 1.54) is 6.07 Å². The van der Waals surface area contributed by atoms with E-state index in [9.17, 15) is 14.7 Å². The van der Waals surface area contributed by atoms with Crippen molar-refractivity contribution in [2.24, 2.45) is 0 Å². The van der Waals surface area contributed by atoms with Crippen molar-refractivity contribution in [3.05, 3.63) is 82.9 Å². The van der Waals surface area contributed by atoms with Crippen molar-refractivity contribution in [1.82, 2.24) is 0 Å². The van der Waals surface area contributed by atoms with Gasteiger partial charge in [0.05, 0.1) is 16.8 Å². The third kappa shape index (κ3) is 4.41. The molecule has 1 saturated heterocycles. The lowest BCUT2D eigenvalue weighted by atomic mass is 9.77.